The van der Waals surface area contributed by atoms with Gasteiger partial charge in [0, 0.05) is 42.8 Å². The van der Waals surface area contributed by atoms with E-state index >= 15 is 0 Å². The van der Waals surface area contributed by atoms with Crippen molar-refractivity contribution >= 4 is 17.5 Å². The number of ether oxygens (including phenoxy) is 1. The number of rotatable bonds is 4. The highest BCUT2D eigenvalue weighted by molar-refractivity contribution is 5.99. The molecule has 1 aromatic carbocycles. The molecular formula is C21H29N3O3. The summed E-state index contributed by atoms with van der Waals surface area (Å²) in [5.74, 6) is 0.532. The summed E-state index contributed by atoms with van der Waals surface area (Å²) in [6.45, 7) is 4.31. The maximum atomic E-state index is 12.8. The van der Waals surface area contributed by atoms with Crippen LogP contribution in [0.3, 0.4) is 0 Å². The van der Waals surface area contributed by atoms with Crippen molar-refractivity contribution in [1.29, 1.82) is 0 Å². The number of hydrogen-bond donors (Lipinski definition) is 2. The first-order chi connectivity index (χ1) is 13.1. The monoisotopic (exact) mass is 371 g/mol. The van der Waals surface area contributed by atoms with Crippen molar-refractivity contribution in [2.24, 2.45) is 5.92 Å². The van der Waals surface area contributed by atoms with Crippen LogP contribution in [-0.4, -0.2) is 55.1 Å². The molecule has 2 bridgehead atoms. The van der Waals surface area contributed by atoms with Gasteiger partial charge in [0.15, 0.2) is 0 Å². The number of morpholine rings is 1. The van der Waals surface area contributed by atoms with Gasteiger partial charge in [-0.15, -0.1) is 0 Å². The van der Waals surface area contributed by atoms with Gasteiger partial charge in [-0.3, -0.25) is 9.59 Å². The first kappa shape index (κ1) is 18.4. The Morgan fingerprint density at radius 1 is 1.19 bits per heavy atom. The minimum atomic E-state index is 0.0156. The molecule has 0 saturated carbocycles. The number of piperidine rings is 1. The van der Waals surface area contributed by atoms with E-state index in [0.29, 0.717) is 56.3 Å². The lowest BCUT2D eigenvalue weighted by Gasteiger charge is -2.29. The molecule has 27 heavy (non-hydrogen) atoms. The predicted octanol–water partition coefficient (Wildman–Crippen LogP) is 2.33. The van der Waals surface area contributed by atoms with Crippen molar-refractivity contribution < 1.29 is 14.3 Å². The van der Waals surface area contributed by atoms with Crippen molar-refractivity contribution in [1.82, 2.24) is 10.2 Å². The van der Waals surface area contributed by atoms with Gasteiger partial charge in [-0.25, -0.2) is 0 Å². The fourth-order valence-electron chi connectivity index (χ4n) is 4.74. The van der Waals surface area contributed by atoms with E-state index in [-0.39, 0.29) is 11.8 Å². The number of carbonyl (C=O) groups excluding carboxylic acids is 2. The minimum Gasteiger partial charge on any atom is -0.378 e. The predicted molar refractivity (Wildman–Crippen MR) is 104 cm³/mol. The third-order valence-electron chi connectivity index (χ3n) is 6.18. The molecule has 2 atom stereocenters. The lowest BCUT2D eigenvalue weighted by Crippen LogP contribution is -2.41. The van der Waals surface area contributed by atoms with Gasteiger partial charge in [0.05, 0.1) is 13.2 Å². The Kier molecular flexibility index (Phi) is 5.45. The highest BCUT2D eigenvalue weighted by Gasteiger charge is 2.34. The number of carbonyl (C=O) groups is 2. The first-order valence-corrected chi connectivity index (χ1v) is 10.1. The van der Waals surface area contributed by atoms with Crippen molar-refractivity contribution in [3.8, 4) is 0 Å². The fraction of sp³-hybridized carbons (Fsp3) is 0.619. The highest BCUT2D eigenvalue weighted by atomic mass is 16.5. The molecule has 6 nitrogen and oxygen atoms in total. The molecule has 3 aliphatic rings. The second-order valence-electron chi connectivity index (χ2n) is 8.11. The summed E-state index contributed by atoms with van der Waals surface area (Å²) in [6.07, 6.45) is 5.24. The van der Waals surface area contributed by atoms with Crippen molar-refractivity contribution in [2.45, 2.75) is 51.1 Å². The number of hydrogen-bond acceptors (Lipinski definition) is 4. The van der Waals surface area contributed by atoms with Crippen molar-refractivity contribution in [2.75, 3.05) is 31.6 Å². The van der Waals surface area contributed by atoms with Crippen LogP contribution >= 0.6 is 0 Å². The molecule has 3 fully saturated rings. The lowest BCUT2D eigenvalue weighted by molar-refractivity contribution is -0.117. The molecule has 0 aliphatic carbocycles. The molecule has 3 heterocycles. The van der Waals surface area contributed by atoms with E-state index in [1.807, 2.05) is 30.0 Å². The number of amides is 2. The lowest BCUT2D eigenvalue weighted by atomic mass is 9.89. The summed E-state index contributed by atoms with van der Waals surface area (Å²) in [7, 11) is 0. The molecule has 0 aromatic heterocycles. The summed E-state index contributed by atoms with van der Waals surface area (Å²) in [6, 6.07) is 6.76. The zero-order valence-corrected chi connectivity index (χ0v) is 16.0. The Morgan fingerprint density at radius 2 is 1.89 bits per heavy atom. The van der Waals surface area contributed by atoms with Crippen LogP contribution < -0.4 is 10.6 Å². The Labute approximate surface area is 160 Å². The van der Waals surface area contributed by atoms with Crippen LogP contribution in [0.5, 0.6) is 0 Å². The number of nitrogens with one attached hydrogen (secondary N) is 2. The molecule has 1 aromatic rings. The smallest absolute Gasteiger partial charge is 0.254 e. The van der Waals surface area contributed by atoms with Crippen LogP contribution in [0.4, 0.5) is 5.69 Å². The second kappa shape index (κ2) is 7.98. The van der Waals surface area contributed by atoms with Gasteiger partial charge >= 0.3 is 0 Å². The molecule has 146 valence electrons. The van der Waals surface area contributed by atoms with E-state index in [1.54, 1.807) is 0 Å². The van der Waals surface area contributed by atoms with E-state index in [1.165, 1.54) is 12.8 Å². The van der Waals surface area contributed by atoms with Gasteiger partial charge < -0.3 is 20.3 Å². The Hall–Kier alpha value is -1.92. The normalized spacial score (nSPS) is 27.4. The second-order valence-corrected chi connectivity index (χ2v) is 8.11. The number of nitrogens with zero attached hydrogens (tertiary/aromatic N) is 1. The third kappa shape index (κ3) is 4.17. The standard InChI is InChI=1S/C21H29N3O3/c1-14-18(21(26)24-7-9-27-10-8-24)3-2-4-19(14)23-20(25)13-15-11-16-5-6-17(12-15)22-16/h2-4,15-17,22H,5-13H2,1H3,(H,23,25). The Morgan fingerprint density at radius 3 is 2.59 bits per heavy atom. The van der Waals surface area contributed by atoms with Crippen molar-refractivity contribution in [3.05, 3.63) is 29.3 Å². The Balaban J connectivity index is 1.40. The van der Waals surface area contributed by atoms with Crippen LogP contribution in [0.15, 0.2) is 18.2 Å². The molecule has 2 N–H and O–H groups in total. The summed E-state index contributed by atoms with van der Waals surface area (Å²) in [4.78, 5) is 27.2. The quantitative estimate of drug-likeness (QED) is 0.852. The minimum absolute atomic E-state index is 0.0156. The van der Waals surface area contributed by atoms with Gasteiger partial charge in [-0.1, -0.05) is 6.07 Å². The molecule has 0 radical (unpaired) electrons. The number of anilines is 1. The van der Waals surface area contributed by atoms with Crippen LogP contribution in [0.2, 0.25) is 0 Å². The zero-order chi connectivity index (χ0) is 18.8. The van der Waals surface area contributed by atoms with Crippen LogP contribution in [0.1, 0.15) is 48.0 Å². The van der Waals surface area contributed by atoms with Crippen molar-refractivity contribution in [3.63, 3.8) is 0 Å². The van der Waals surface area contributed by atoms with Gasteiger partial charge in [0.25, 0.3) is 5.91 Å². The van der Waals surface area contributed by atoms with Crippen LogP contribution in [-0.2, 0) is 9.53 Å². The van der Waals surface area contributed by atoms with Gasteiger partial charge in [-0.2, -0.15) is 0 Å². The first-order valence-electron chi connectivity index (χ1n) is 10.1. The van der Waals surface area contributed by atoms with Gasteiger partial charge in [0.1, 0.15) is 0 Å². The molecular weight excluding hydrogens is 342 g/mol. The molecule has 2 unspecified atom stereocenters. The van der Waals surface area contributed by atoms with E-state index < -0.39 is 0 Å². The summed E-state index contributed by atoms with van der Waals surface area (Å²) < 4.78 is 5.33. The van der Waals surface area contributed by atoms with E-state index in [4.69, 9.17) is 4.74 Å². The molecule has 3 saturated heterocycles. The summed E-state index contributed by atoms with van der Waals surface area (Å²) in [5.41, 5.74) is 2.25. The SMILES string of the molecule is Cc1c(NC(=O)CC2CC3CCC(C2)N3)cccc1C(=O)N1CCOCC1. The average Bonchev–Trinajstić information content (AvgIpc) is 3.02. The molecule has 4 rings (SSSR count). The Bertz CT molecular complexity index is 703. The summed E-state index contributed by atoms with van der Waals surface area (Å²) in [5, 5.41) is 6.67. The molecule has 6 heteroatoms. The average molecular weight is 371 g/mol. The largest absolute Gasteiger partial charge is 0.378 e. The highest BCUT2D eigenvalue weighted by Crippen LogP contribution is 2.33. The van der Waals surface area contributed by atoms with Crippen LogP contribution in [0.25, 0.3) is 0 Å². The maximum Gasteiger partial charge on any atom is 0.254 e. The van der Waals surface area contributed by atoms with E-state index in [2.05, 4.69) is 10.6 Å². The topological polar surface area (TPSA) is 70.7 Å². The van der Waals surface area contributed by atoms with Crippen LogP contribution in [0, 0.1) is 12.8 Å². The number of fused-ring (bicyclic) bond motifs is 2. The maximum absolute atomic E-state index is 12.8. The van der Waals surface area contributed by atoms with E-state index in [9.17, 15) is 9.59 Å². The van der Waals surface area contributed by atoms with Gasteiger partial charge in [-0.05, 0) is 56.2 Å². The molecule has 2 amide bonds. The third-order valence-corrected chi connectivity index (χ3v) is 6.18. The zero-order valence-electron chi connectivity index (χ0n) is 16.0. The molecule has 3 aliphatic heterocycles. The molecule has 0 spiro atoms. The van der Waals surface area contributed by atoms with E-state index in [0.717, 1.165) is 24.1 Å². The summed E-state index contributed by atoms with van der Waals surface area (Å²) >= 11 is 0. The number of benzene rings is 1. The van der Waals surface area contributed by atoms with Gasteiger partial charge in [0.2, 0.25) is 5.91 Å². The fourth-order valence-corrected chi connectivity index (χ4v) is 4.74.